The molecule has 0 N–H and O–H groups in total. The number of carbonyl (C=O) groups is 2. The molecule has 5 heteroatoms. The predicted molar refractivity (Wildman–Crippen MR) is 61.1 cm³/mol. The van der Waals surface area contributed by atoms with Gasteiger partial charge < -0.3 is 4.90 Å². The van der Waals surface area contributed by atoms with Crippen LogP contribution in [0.3, 0.4) is 0 Å². The lowest BCUT2D eigenvalue weighted by Gasteiger charge is -2.15. The summed E-state index contributed by atoms with van der Waals surface area (Å²) in [6.45, 7) is 3.82. The summed E-state index contributed by atoms with van der Waals surface area (Å²) in [6, 6.07) is 4.96. The van der Waals surface area contributed by atoms with Crippen molar-refractivity contribution in [1.29, 1.82) is 0 Å². The van der Waals surface area contributed by atoms with Crippen molar-refractivity contribution in [3.8, 4) is 0 Å². The van der Waals surface area contributed by atoms with Gasteiger partial charge in [-0.15, -0.1) is 6.58 Å². The van der Waals surface area contributed by atoms with Crippen molar-refractivity contribution in [3.63, 3.8) is 0 Å². The molecular formula is C12H11FN2O2. The first-order chi connectivity index (χ1) is 8.13. The number of urea groups is 1. The van der Waals surface area contributed by atoms with Crippen molar-refractivity contribution in [1.82, 2.24) is 4.90 Å². The number of imide groups is 1. The number of carbonyl (C=O) groups excluding carboxylic acids is 2. The smallest absolute Gasteiger partial charge is 0.311 e. The van der Waals surface area contributed by atoms with E-state index in [1.807, 2.05) is 0 Å². The van der Waals surface area contributed by atoms with Gasteiger partial charge in [0, 0.05) is 6.54 Å². The highest BCUT2D eigenvalue weighted by atomic mass is 19.1. The Morgan fingerprint density at radius 3 is 2.82 bits per heavy atom. The Morgan fingerprint density at radius 2 is 2.18 bits per heavy atom. The highest BCUT2D eigenvalue weighted by Crippen LogP contribution is 2.21. The number of amides is 3. The van der Waals surface area contributed by atoms with E-state index in [0.29, 0.717) is 6.54 Å². The molecule has 0 aliphatic carbocycles. The molecule has 0 aromatic heterocycles. The fourth-order valence-corrected chi connectivity index (χ4v) is 1.72. The van der Waals surface area contributed by atoms with E-state index >= 15 is 0 Å². The number of nitrogens with zero attached hydrogens (tertiary/aromatic N) is 2. The Balaban J connectivity index is 2.30. The molecule has 1 aromatic carbocycles. The molecule has 3 amide bonds. The monoisotopic (exact) mass is 234 g/mol. The molecule has 0 spiro atoms. The lowest BCUT2D eigenvalue weighted by Crippen LogP contribution is -2.33. The van der Waals surface area contributed by atoms with Crippen molar-refractivity contribution in [3.05, 3.63) is 42.7 Å². The SMILES string of the molecule is C=CCN1CC(=O)N(c2cccc(F)c2)C1=O. The van der Waals surface area contributed by atoms with Crippen LogP contribution in [0, 0.1) is 5.82 Å². The van der Waals surface area contributed by atoms with Crippen LogP contribution in [0.1, 0.15) is 0 Å². The molecule has 0 atom stereocenters. The van der Waals surface area contributed by atoms with E-state index in [4.69, 9.17) is 0 Å². The Morgan fingerprint density at radius 1 is 1.41 bits per heavy atom. The fourth-order valence-electron chi connectivity index (χ4n) is 1.72. The molecule has 2 rings (SSSR count). The van der Waals surface area contributed by atoms with Crippen molar-refractivity contribution in [2.75, 3.05) is 18.0 Å². The normalized spacial score (nSPS) is 15.6. The molecule has 1 aliphatic heterocycles. The van der Waals surface area contributed by atoms with Crippen LogP contribution in [-0.4, -0.2) is 29.9 Å². The molecule has 0 bridgehead atoms. The van der Waals surface area contributed by atoms with Gasteiger partial charge in [-0.25, -0.2) is 14.1 Å². The zero-order valence-corrected chi connectivity index (χ0v) is 9.10. The molecule has 1 fully saturated rings. The third kappa shape index (κ3) is 2.04. The van der Waals surface area contributed by atoms with Crippen LogP contribution in [0.5, 0.6) is 0 Å². The number of rotatable bonds is 3. The molecule has 4 nitrogen and oxygen atoms in total. The third-order valence-corrected chi connectivity index (χ3v) is 2.45. The zero-order valence-electron chi connectivity index (χ0n) is 9.10. The number of halogens is 1. The topological polar surface area (TPSA) is 40.6 Å². The summed E-state index contributed by atoms with van der Waals surface area (Å²) < 4.78 is 13.0. The van der Waals surface area contributed by atoms with E-state index in [9.17, 15) is 14.0 Å². The Hall–Kier alpha value is -2.17. The van der Waals surface area contributed by atoms with Crippen LogP contribution in [-0.2, 0) is 4.79 Å². The maximum Gasteiger partial charge on any atom is 0.332 e. The van der Waals surface area contributed by atoms with E-state index in [1.54, 1.807) is 6.08 Å². The number of anilines is 1. The second kappa shape index (κ2) is 4.37. The summed E-state index contributed by atoms with van der Waals surface area (Å²) in [6.07, 6.45) is 1.54. The van der Waals surface area contributed by atoms with Gasteiger partial charge in [0.15, 0.2) is 0 Å². The van der Waals surface area contributed by atoms with Crippen molar-refractivity contribution in [2.45, 2.75) is 0 Å². The lowest BCUT2D eigenvalue weighted by atomic mass is 10.3. The molecule has 17 heavy (non-hydrogen) atoms. The van der Waals surface area contributed by atoms with E-state index < -0.39 is 11.8 Å². The maximum absolute atomic E-state index is 13.0. The molecule has 0 radical (unpaired) electrons. The molecule has 1 saturated heterocycles. The van der Waals surface area contributed by atoms with Crippen LogP contribution >= 0.6 is 0 Å². The van der Waals surface area contributed by atoms with E-state index in [1.165, 1.54) is 23.1 Å². The summed E-state index contributed by atoms with van der Waals surface area (Å²) in [5.74, 6) is -0.840. The minimum Gasteiger partial charge on any atom is -0.311 e. The van der Waals surface area contributed by atoms with Gasteiger partial charge >= 0.3 is 6.03 Å². The first-order valence-electron chi connectivity index (χ1n) is 5.12. The maximum atomic E-state index is 13.0. The fraction of sp³-hybridized carbons (Fsp3) is 0.167. The minimum atomic E-state index is -0.481. The van der Waals surface area contributed by atoms with E-state index in [2.05, 4.69) is 6.58 Å². The van der Waals surface area contributed by atoms with Crippen LogP contribution in [0.25, 0.3) is 0 Å². The van der Waals surface area contributed by atoms with Crippen molar-refractivity contribution in [2.24, 2.45) is 0 Å². The molecular weight excluding hydrogens is 223 g/mol. The highest BCUT2D eigenvalue weighted by Gasteiger charge is 2.36. The zero-order chi connectivity index (χ0) is 12.4. The van der Waals surface area contributed by atoms with Gasteiger partial charge in [0.05, 0.1) is 5.69 Å². The molecule has 1 heterocycles. The summed E-state index contributed by atoms with van der Waals surface area (Å²) in [7, 11) is 0. The van der Waals surface area contributed by atoms with E-state index in [0.717, 1.165) is 11.0 Å². The molecule has 1 aliphatic rings. The second-order valence-electron chi connectivity index (χ2n) is 3.66. The summed E-state index contributed by atoms with van der Waals surface area (Å²) >= 11 is 0. The van der Waals surface area contributed by atoms with Crippen molar-refractivity contribution < 1.29 is 14.0 Å². The molecule has 1 aromatic rings. The summed E-state index contributed by atoms with van der Waals surface area (Å²) in [5.41, 5.74) is 0.256. The minimum absolute atomic E-state index is 0.00136. The Bertz CT molecular complexity index is 487. The van der Waals surface area contributed by atoms with Crippen LogP contribution in [0.2, 0.25) is 0 Å². The first-order valence-corrected chi connectivity index (χ1v) is 5.12. The van der Waals surface area contributed by atoms with Crippen LogP contribution in [0.15, 0.2) is 36.9 Å². The number of benzene rings is 1. The average molecular weight is 234 g/mol. The summed E-state index contributed by atoms with van der Waals surface area (Å²) in [4.78, 5) is 25.9. The van der Waals surface area contributed by atoms with Gasteiger partial charge in [0.1, 0.15) is 12.4 Å². The van der Waals surface area contributed by atoms with Gasteiger partial charge in [-0.1, -0.05) is 12.1 Å². The van der Waals surface area contributed by atoms with Crippen LogP contribution in [0.4, 0.5) is 14.9 Å². The van der Waals surface area contributed by atoms with Crippen molar-refractivity contribution >= 4 is 17.6 Å². The third-order valence-electron chi connectivity index (χ3n) is 2.45. The van der Waals surface area contributed by atoms with Gasteiger partial charge in [-0.2, -0.15) is 0 Å². The second-order valence-corrected chi connectivity index (χ2v) is 3.66. The lowest BCUT2D eigenvalue weighted by molar-refractivity contribution is -0.116. The average Bonchev–Trinajstić information content (AvgIpc) is 2.55. The molecule has 0 saturated carbocycles. The number of hydrogen-bond donors (Lipinski definition) is 0. The Labute approximate surface area is 97.9 Å². The van der Waals surface area contributed by atoms with Gasteiger partial charge in [0.2, 0.25) is 0 Å². The first kappa shape index (κ1) is 11.3. The van der Waals surface area contributed by atoms with Gasteiger partial charge in [0.25, 0.3) is 5.91 Å². The highest BCUT2D eigenvalue weighted by molar-refractivity contribution is 6.19. The Kier molecular flexibility index (Phi) is 2.91. The van der Waals surface area contributed by atoms with E-state index in [-0.39, 0.29) is 18.1 Å². The quantitative estimate of drug-likeness (QED) is 0.591. The largest absolute Gasteiger partial charge is 0.332 e. The molecule has 88 valence electrons. The number of hydrogen-bond acceptors (Lipinski definition) is 2. The summed E-state index contributed by atoms with van der Waals surface area (Å²) in [5, 5.41) is 0. The molecule has 0 unspecified atom stereocenters. The van der Waals surface area contributed by atoms with Gasteiger partial charge in [-0.05, 0) is 18.2 Å². The standard InChI is InChI=1S/C12H11FN2O2/c1-2-6-14-8-11(16)15(12(14)17)10-5-3-4-9(13)7-10/h2-5,7H,1,6,8H2. The van der Waals surface area contributed by atoms with Gasteiger partial charge in [-0.3, -0.25) is 4.79 Å². The predicted octanol–water partition coefficient (Wildman–Crippen LogP) is 1.78. The van der Waals surface area contributed by atoms with Crippen LogP contribution < -0.4 is 4.90 Å².